The van der Waals surface area contributed by atoms with Crippen LogP contribution in [0.4, 0.5) is 0 Å². The Morgan fingerprint density at radius 2 is 2.10 bits per heavy atom. The van der Waals surface area contributed by atoms with Crippen LogP contribution in [0.1, 0.15) is 37.5 Å². The van der Waals surface area contributed by atoms with Crippen molar-refractivity contribution >= 4 is 0 Å². The molecule has 0 bridgehead atoms. The highest BCUT2D eigenvalue weighted by atomic mass is 16.7. The van der Waals surface area contributed by atoms with Crippen LogP contribution in [0.2, 0.25) is 0 Å². The number of rotatable bonds is 5. The molecule has 2 heterocycles. The lowest BCUT2D eigenvalue weighted by Crippen LogP contribution is -2.43. The van der Waals surface area contributed by atoms with Gasteiger partial charge >= 0.3 is 0 Å². The first-order valence-electron chi connectivity index (χ1n) is 7.38. The van der Waals surface area contributed by atoms with Crippen LogP contribution < -0.4 is 5.32 Å². The Labute approximate surface area is 119 Å². The van der Waals surface area contributed by atoms with Crippen molar-refractivity contribution in [1.82, 2.24) is 5.32 Å². The zero-order chi connectivity index (χ0) is 13.8. The monoisotopic (exact) mass is 281 g/mol. The third kappa shape index (κ3) is 3.06. The van der Waals surface area contributed by atoms with Crippen LogP contribution in [0.25, 0.3) is 0 Å². The van der Waals surface area contributed by atoms with Crippen molar-refractivity contribution in [3.8, 4) is 0 Å². The molecule has 112 valence electrons. The van der Waals surface area contributed by atoms with Crippen molar-refractivity contribution in [3.63, 3.8) is 0 Å². The smallest absolute Gasteiger partial charge is 0.168 e. The van der Waals surface area contributed by atoms with Gasteiger partial charge in [0.05, 0.1) is 32.1 Å². The lowest BCUT2D eigenvalue weighted by molar-refractivity contribution is -0.180. The molecule has 1 aromatic rings. The third-order valence-corrected chi connectivity index (χ3v) is 4.22. The Morgan fingerprint density at radius 1 is 1.35 bits per heavy atom. The number of furan rings is 1. The van der Waals surface area contributed by atoms with Gasteiger partial charge in [0, 0.05) is 26.0 Å². The summed E-state index contributed by atoms with van der Waals surface area (Å²) in [5, 5.41) is 3.64. The van der Waals surface area contributed by atoms with E-state index in [9.17, 15) is 0 Å². The molecule has 0 radical (unpaired) electrons. The van der Waals surface area contributed by atoms with Gasteiger partial charge in [-0.05, 0) is 25.0 Å². The van der Waals surface area contributed by atoms with Gasteiger partial charge in [-0.2, -0.15) is 0 Å². The van der Waals surface area contributed by atoms with E-state index in [1.807, 2.05) is 12.1 Å². The molecular formula is C15H23NO4. The molecule has 1 saturated heterocycles. The maximum Gasteiger partial charge on any atom is 0.168 e. The summed E-state index contributed by atoms with van der Waals surface area (Å²) in [5.41, 5.74) is 0. The normalized spacial score (nSPS) is 24.2. The predicted molar refractivity (Wildman–Crippen MR) is 73.4 cm³/mol. The number of hydrogen-bond acceptors (Lipinski definition) is 5. The van der Waals surface area contributed by atoms with E-state index in [1.165, 1.54) is 0 Å². The number of methoxy groups -OCH3 is 1. The van der Waals surface area contributed by atoms with Gasteiger partial charge in [-0.25, -0.2) is 0 Å². The molecule has 1 aliphatic carbocycles. The maximum atomic E-state index is 5.76. The maximum absolute atomic E-state index is 5.76. The van der Waals surface area contributed by atoms with Gasteiger partial charge in [-0.1, -0.05) is 0 Å². The summed E-state index contributed by atoms with van der Waals surface area (Å²) in [7, 11) is 1.72. The van der Waals surface area contributed by atoms with Crippen LogP contribution in [0.5, 0.6) is 0 Å². The lowest BCUT2D eigenvalue weighted by Gasteiger charge is -2.36. The summed E-state index contributed by atoms with van der Waals surface area (Å²) in [6.45, 7) is 2.08. The zero-order valence-corrected chi connectivity index (χ0v) is 12.0. The minimum atomic E-state index is -0.292. The topological polar surface area (TPSA) is 52.9 Å². The van der Waals surface area contributed by atoms with Crippen molar-refractivity contribution < 1.29 is 18.6 Å². The fourth-order valence-electron chi connectivity index (χ4n) is 3.16. The first-order valence-corrected chi connectivity index (χ1v) is 7.38. The van der Waals surface area contributed by atoms with Crippen LogP contribution in [0.3, 0.4) is 0 Å². The fraction of sp³-hybridized carbons (Fsp3) is 0.733. The van der Waals surface area contributed by atoms with E-state index in [-0.39, 0.29) is 11.8 Å². The molecule has 2 aliphatic rings. The summed E-state index contributed by atoms with van der Waals surface area (Å²) in [5.74, 6) is 0.639. The Bertz CT molecular complexity index is 390. The van der Waals surface area contributed by atoms with E-state index in [2.05, 4.69) is 5.32 Å². The second kappa shape index (κ2) is 6.26. The van der Waals surface area contributed by atoms with E-state index in [4.69, 9.17) is 18.6 Å². The molecule has 1 aliphatic heterocycles. The van der Waals surface area contributed by atoms with Crippen molar-refractivity contribution in [3.05, 3.63) is 24.2 Å². The molecule has 0 amide bonds. The Hall–Kier alpha value is -0.880. The minimum absolute atomic E-state index is 0.111. The highest BCUT2D eigenvalue weighted by molar-refractivity contribution is 5.05. The Morgan fingerprint density at radius 3 is 2.70 bits per heavy atom. The highest BCUT2D eigenvalue weighted by Crippen LogP contribution is 2.36. The van der Waals surface area contributed by atoms with Gasteiger partial charge in [0.15, 0.2) is 5.79 Å². The van der Waals surface area contributed by atoms with E-state index < -0.39 is 0 Å². The van der Waals surface area contributed by atoms with Crippen LogP contribution in [0, 0.1) is 0 Å². The quantitative estimate of drug-likeness (QED) is 0.897. The Kier molecular flexibility index (Phi) is 4.41. The van der Waals surface area contributed by atoms with Gasteiger partial charge in [0.1, 0.15) is 5.76 Å². The largest absolute Gasteiger partial charge is 0.468 e. The van der Waals surface area contributed by atoms with Crippen LogP contribution in [-0.2, 0) is 14.2 Å². The number of nitrogens with one attached hydrogen (secondary N) is 1. The van der Waals surface area contributed by atoms with E-state index in [1.54, 1.807) is 13.4 Å². The van der Waals surface area contributed by atoms with Crippen molar-refractivity contribution in [2.75, 3.05) is 26.9 Å². The van der Waals surface area contributed by atoms with Gasteiger partial charge in [0.2, 0.25) is 0 Å². The first-order chi connectivity index (χ1) is 9.81. The standard InChI is InChI=1S/C15H23NO4/c1-17-11-13(14-3-2-8-18-14)16-12-4-6-15(7-5-12)19-9-10-20-15/h2-3,8,12-13,16H,4-7,9-11H2,1H3/t13-/m1/s1. The molecule has 1 atom stereocenters. The zero-order valence-electron chi connectivity index (χ0n) is 12.0. The molecule has 0 aromatic carbocycles. The molecule has 5 heteroatoms. The molecule has 2 fully saturated rings. The van der Waals surface area contributed by atoms with E-state index >= 15 is 0 Å². The summed E-state index contributed by atoms with van der Waals surface area (Å²) in [6, 6.07) is 4.47. The summed E-state index contributed by atoms with van der Waals surface area (Å²) in [6.07, 6.45) is 5.74. The van der Waals surface area contributed by atoms with Gasteiger partial charge in [0.25, 0.3) is 0 Å². The lowest BCUT2D eigenvalue weighted by atomic mass is 9.89. The van der Waals surface area contributed by atoms with Crippen molar-refractivity contribution in [1.29, 1.82) is 0 Å². The van der Waals surface area contributed by atoms with Crippen LogP contribution >= 0.6 is 0 Å². The highest BCUT2D eigenvalue weighted by Gasteiger charge is 2.40. The molecule has 1 saturated carbocycles. The second-order valence-corrected chi connectivity index (χ2v) is 5.57. The van der Waals surface area contributed by atoms with E-state index in [0.717, 1.165) is 44.7 Å². The average Bonchev–Trinajstić information content (AvgIpc) is 3.13. The molecule has 0 unspecified atom stereocenters. The summed E-state index contributed by atoms with van der Waals surface area (Å²) >= 11 is 0. The molecule has 1 aromatic heterocycles. The predicted octanol–water partition coefficient (Wildman–Crippen LogP) is 2.24. The van der Waals surface area contributed by atoms with Gasteiger partial charge < -0.3 is 23.9 Å². The van der Waals surface area contributed by atoms with Crippen molar-refractivity contribution in [2.24, 2.45) is 0 Å². The molecule has 1 spiro atoms. The molecular weight excluding hydrogens is 258 g/mol. The summed E-state index contributed by atoms with van der Waals surface area (Å²) < 4.78 is 22.3. The number of hydrogen-bond donors (Lipinski definition) is 1. The van der Waals surface area contributed by atoms with Gasteiger partial charge in [-0.15, -0.1) is 0 Å². The number of ether oxygens (including phenoxy) is 3. The molecule has 5 nitrogen and oxygen atoms in total. The molecule has 3 rings (SSSR count). The molecule has 20 heavy (non-hydrogen) atoms. The van der Waals surface area contributed by atoms with E-state index in [0.29, 0.717) is 12.6 Å². The first kappa shape index (κ1) is 14.1. The van der Waals surface area contributed by atoms with Crippen LogP contribution in [0.15, 0.2) is 22.8 Å². The Balaban J connectivity index is 1.54. The molecule has 1 N–H and O–H groups in total. The SMILES string of the molecule is COC[C@@H](NC1CCC2(CC1)OCCO2)c1ccco1. The average molecular weight is 281 g/mol. The summed E-state index contributed by atoms with van der Waals surface area (Å²) in [4.78, 5) is 0. The fourth-order valence-corrected chi connectivity index (χ4v) is 3.16. The third-order valence-electron chi connectivity index (χ3n) is 4.22. The van der Waals surface area contributed by atoms with Crippen LogP contribution in [-0.4, -0.2) is 38.8 Å². The minimum Gasteiger partial charge on any atom is -0.468 e. The van der Waals surface area contributed by atoms with Crippen molar-refractivity contribution in [2.45, 2.75) is 43.6 Å². The second-order valence-electron chi connectivity index (χ2n) is 5.57. The van der Waals surface area contributed by atoms with Gasteiger partial charge in [-0.3, -0.25) is 0 Å².